The molecule has 0 radical (unpaired) electrons. The molecule has 0 aliphatic rings. The largest absolute Gasteiger partial charge is 0.308 e. The fraction of sp³-hybridized carbons (Fsp3) is 0.125. The van der Waals surface area contributed by atoms with Crippen LogP contribution in [0.15, 0.2) is 103 Å². The van der Waals surface area contributed by atoms with Gasteiger partial charge in [0.1, 0.15) is 11.0 Å². The molecule has 0 aliphatic carbocycles. The van der Waals surface area contributed by atoms with Gasteiger partial charge in [-0.05, 0) is 59.5 Å². The number of hydrogen-bond acceptors (Lipinski definition) is 2. The molecule has 0 N–H and O–H groups in total. The molecule has 0 aliphatic heterocycles. The SMILES string of the molecule is CC(C)(C)c1ccc(-n2c3ccccc3c3nc4c5ncccc5n(-c5ccccc5)c4cc32)cc1. The normalized spacial score (nSPS) is 12.3. The third-order valence-corrected chi connectivity index (χ3v) is 7.12. The van der Waals surface area contributed by atoms with Gasteiger partial charge in [-0.25, -0.2) is 4.98 Å². The van der Waals surface area contributed by atoms with Crippen LogP contribution in [0, 0.1) is 0 Å². The average molecular weight is 467 g/mol. The first-order valence-corrected chi connectivity index (χ1v) is 12.4. The van der Waals surface area contributed by atoms with Crippen LogP contribution in [0.5, 0.6) is 0 Å². The van der Waals surface area contributed by atoms with Crippen molar-refractivity contribution in [2.75, 3.05) is 0 Å². The third kappa shape index (κ3) is 3.01. The van der Waals surface area contributed by atoms with Crippen LogP contribution >= 0.6 is 0 Å². The predicted molar refractivity (Wildman–Crippen MR) is 149 cm³/mol. The zero-order chi connectivity index (χ0) is 24.4. The van der Waals surface area contributed by atoms with E-state index in [1.54, 1.807) is 0 Å². The van der Waals surface area contributed by atoms with Gasteiger partial charge in [0.2, 0.25) is 0 Å². The first kappa shape index (κ1) is 20.9. The zero-order valence-corrected chi connectivity index (χ0v) is 20.6. The molecule has 0 spiro atoms. The van der Waals surface area contributed by atoms with E-state index in [2.05, 4.69) is 115 Å². The highest BCUT2D eigenvalue weighted by molar-refractivity contribution is 6.14. The van der Waals surface area contributed by atoms with Gasteiger partial charge < -0.3 is 9.13 Å². The lowest BCUT2D eigenvalue weighted by Gasteiger charge is -2.19. The Balaban J connectivity index is 1.61. The second kappa shape index (κ2) is 7.53. The summed E-state index contributed by atoms with van der Waals surface area (Å²) in [6, 6.07) is 34.3. The Bertz CT molecular complexity index is 1900. The summed E-state index contributed by atoms with van der Waals surface area (Å²) < 4.78 is 4.61. The molecule has 0 amide bonds. The fourth-order valence-electron chi connectivity index (χ4n) is 5.34. The number of aromatic nitrogens is 4. The van der Waals surface area contributed by atoms with Crippen LogP contribution in [0.3, 0.4) is 0 Å². The van der Waals surface area contributed by atoms with Gasteiger partial charge in [0, 0.05) is 23.0 Å². The summed E-state index contributed by atoms with van der Waals surface area (Å²) in [5.41, 5.74) is 10.9. The number of benzene rings is 3. The maximum atomic E-state index is 5.28. The molecule has 4 heterocycles. The van der Waals surface area contributed by atoms with Crippen molar-refractivity contribution in [3.05, 3.63) is 109 Å². The molecule has 0 atom stereocenters. The Kier molecular flexibility index (Phi) is 4.37. The monoisotopic (exact) mass is 466 g/mol. The fourth-order valence-corrected chi connectivity index (χ4v) is 5.34. The number of hydrogen-bond donors (Lipinski definition) is 0. The molecule has 4 aromatic heterocycles. The smallest absolute Gasteiger partial charge is 0.116 e. The van der Waals surface area contributed by atoms with Gasteiger partial charge in [-0.2, -0.15) is 0 Å². The summed E-state index contributed by atoms with van der Waals surface area (Å²) in [4.78, 5) is 10.0. The lowest BCUT2D eigenvalue weighted by Crippen LogP contribution is -2.10. The molecule has 0 saturated carbocycles. The Labute approximate surface area is 209 Å². The van der Waals surface area contributed by atoms with Crippen molar-refractivity contribution in [3.63, 3.8) is 0 Å². The van der Waals surface area contributed by atoms with E-state index < -0.39 is 0 Å². The molecule has 0 fully saturated rings. The van der Waals surface area contributed by atoms with Crippen LogP contribution in [0.25, 0.3) is 55.4 Å². The summed E-state index contributed by atoms with van der Waals surface area (Å²) in [5, 5.41) is 1.14. The van der Waals surface area contributed by atoms with Gasteiger partial charge in [0.25, 0.3) is 0 Å². The predicted octanol–water partition coefficient (Wildman–Crippen LogP) is 7.97. The van der Waals surface area contributed by atoms with E-state index in [0.29, 0.717) is 0 Å². The molecule has 7 aromatic rings. The van der Waals surface area contributed by atoms with Crippen molar-refractivity contribution in [2.24, 2.45) is 0 Å². The minimum Gasteiger partial charge on any atom is -0.308 e. The standard InChI is InChI=1S/C32H26N4/c1-32(2,3)21-15-17-23(18-16-21)35-25-13-8-7-12-24(25)29-27(35)20-28-31(34-29)30-26(14-9-19-33-30)36(28)22-10-5-4-6-11-22/h4-20H,1-3H3. The summed E-state index contributed by atoms with van der Waals surface area (Å²) in [6.45, 7) is 6.75. The average Bonchev–Trinajstić information content (AvgIpc) is 3.40. The summed E-state index contributed by atoms with van der Waals surface area (Å²) in [6.07, 6.45) is 1.85. The number of pyridine rings is 2. The first-order chi connectivity index (χ1) is 17.5. The van der Waals surface area contributed by atoms with Crippen molar-refractivity contribution < 1.29 is 0 Å². The second-order valence-electron chi connectivity index (χ2n) is 10.4. The Hall–Kier alpha value is -4.44. The molecule has 3 aromatic carbocycles. The Morgan fingerprint density at radius 2 is 1.19 bits per heavy atom. The van der Waals surface area contributed by atoms with E-state index >= 15 is 0 Å². The summed E-state index contributed by atoms with van der Waals surface area (Å²) in [7, 11) is 0. The van der Waals surface area contributed by atoms with Gasteiger partial charge in [-0.3, -0.25) is 4.98 Å². The van der Waals surface area contributed by atoms with Crippen LogP contribution in [0.1, 0.15) is 26.3 Å². The van der Waals surface area contributed by atoms with E-state index in [9.17, 15) is 0 Å². The van der Waals surface area contributed by atoms with Gasteiger partial charge in [0.15, 0.2) is 0 Å². The minimum atomic E-state index is 0.108. The molecule has 0 bridgehead atoms. The maximum absolute atomic E-state index is 5.28. The van der Waals surface area contributed by atoms with E-state index in [1.807, 2.05) is 18.3 Å². The summed E-state index contributed by atoms with van der Waals surface area (Å²) in [5.74, 6) is 0. The summed E-state index contributed by atoms with van der Waals surface area (Å²) >= 11 is 0. The van der Waals surface area contributed by atoms with Gasteiger partial charge >= 0.3 is 0 Å². The molecular weight excluding hydrogens is 440 g/mol. The van der Waals surface area contributed by atoms with Crippen molar-refractivity contribution in [3.8, 4) is 11.4 Å². The number of fused-ring (bicyclic) bond motifs is 6. The van der Waals surface area contributed by atoms with Crippen molar-refractivity contribution in [1.29, 1.82) is 0 Å². The maximum Gasteiger partial charge on any atom is 0.116 e. The number of para-hydroxylation sites is 2. The Morgan fingerprint density at radius 1 is 0.556 bits per heavy atom. The molecule has 7 rings (SSSR count). The highest BCUT2D eigenvalue weighted by atomic mass is 15.0. The second-order valence-corrected chi connectivity index (χ2v) is 10.4. The highest BCUT2D eigenvalue weighted by Crippen LogP contribution is 2.37. The van der Waals surface area contributed by atoms with E-state index in [-0.39, 0.29) is 5.41 Å². The molecule has 174 valence electrons. The highest BCUT2D eigenvalue weighted by Gasteiger charge is 2.20. The molecule has 0 saturated heterocycles. The van der Waals surface area contributed by atoms with Crippen LogP contribution < -0.4 is 0 Å². The van der Waals surface area contributed by atoms with Crippen LogP contribution in [0.4, 0.5) is 0 Å². The van der Waals surface area contributed by atoms with Crippen molar-refractivity contribution in [1.82, 2.24) is 19.1 Å². The molecule has 36 heavy (non-hydrogen) atoms. The lowest BCUT2D eigenvalue weighted by atomic mass is 9.87. The topological polar surface area (TPSA) is 35.6 Å². The lowest BCUT2D eigenvalue weighted by molar-refractivity contribution is 0.590. The van der Waals surface area contributed by atoms with Gasteiger partial charge in [-0.15, -0.1) is 0 Å². The van der Waals surface area contributed by atoms with Crippen LogP contribution in [-0.4, -0.2) is 19.1 Å². The van der Waals surface area contributed by atoms with Gasteiger partial charge in [0.05, 0.1) is 27.6 Å². The third-order valence-electron chi connectivity index (χ3n) is 7.12. The minimum absolute atomic E-state index is 0.108. The van der Waals surface area contributed by atoms with Gasteiger partial charge in [-0.1, -0.05) is 69.3 Å². The molecule has 0 unspecified atom stereocenters. The van der Waals surface area contributed by atoms with Crippen molar-refractivity contribution >= 4 is 44.0 Å². The molecule has 4 heteroatoms. The van der Waals surface area contributed by atoms with Crippen LogP contribution in [-0.2, 0) is 5.41 Å². The van der Waals surface area contributed by atoms with E-state index in [0.717, 1.165) is 55.4 Å². The number of nitrogens with zero attached hydrogens (tertiary/aromatic N) is 4. The van der Waals surface area contributed by atoms with Crippen molar-refractivity contribution in [2.45, 2.75) is 26.2 Å². The molecule has 4 nitrogen and oxygen atoms in total. The van der Waals surface area contributed by atoms with Crippen LogP contribution in [0.2, 0.25) is 0 Å². The zero-order valence-electron chi connectivity index (χ0n) is 20.6. The number of rotatable bonds is 2. The van der Waals surface area contributed by atoms with E-state index in [1.165, 1.54) is 5.56 Å². The first-order valence-electron chi connectivity index (χ1n) is 12.4. The van der Waals surface area contributed by atoms with E-state index in [4.69, 9.17) is 9.97 Å². The molecular formula is C32H26N4. The quantitative estimate of drug-likeness (QED) is 0.259. The Morgan fingerprint density at radius 3 is 1.97 bits per heavy atom.